The highest BCUT2D eigenvalue weighted by molar-refractivity contribution is 5.82. The number of fused-ring (bicyclic) bond motifs is 2. The first kappa shape index (κ1) is 13.3. The monoisotopic (exact) mass is 254 g/mol. The van der Waals surface area contributed by atoms with E-state index in [2.05, 4.69) is 0 Å². The third-order valence-corrected chi connectivity index (χ3v) is 4.48. The molecule has 0 aromatic carbocycles. The van der Waals surface area contributed by atoms with Gasteiger partial charge in [-0.15, -0.1) is 0 Å². The summed E-state index contributed by atoms with van der Waals surface area (Å²) in [5, 5.41) is 9.18. The van der Waals surface area contributed by atoms with Crippen LogP contribution in [-0.2, 0) is 9.59 Å². The van der Waals surface area contributed by atoms with E-state index in [1.807, 2.05) is 18.7 Å². The van der Waals surface area contributed by atoms with Crippen LogP contribution in [0.5, 0.6) is 0 Å². The van der Waals surface area contributed by atoms with Crippen LogP contribution in [-0.4, -0.2) is 40.5 Å². The van der Waals surface area contributed by atoms with E-state index < -0.39 is 5.97 Å². The van der Waals surface area contributed by atoms with Crippen LogP contribution in [0.3, 0.4) is 0 Å². The lowest BCUT2D eigenvalue weighted by Crippen LogP contribution is -2.45. The van der Waals surface area contributed by atoms with Gasteiger partial charge >= 0.3 is 5.97 Å². The van der Waals surface area contributed by atoms with E-state index >= 15 is 0 Å². The largest absolute Gasteiger partial charge is 0.481 e. The Morgan fingerprint density at radius 3 is 2.50 bits per heavy atom. The zero-order valence-corrected chi connectivity index (χ0v) is 11.0. The number of rotatable bonds is 4. The van der Waals surface area contributed by atoms with Gasteiger partial charge < -0.3 is 15.7 Å². The number of carboxylic acids is 1. The fraction of sp³-hybridized carbons (Fsp3) is 0.846. The van der Waals surface area contributed by atoms with E-state index in [1.165, 1.54) is 0 Å². The third-order valence-electron chi connectivity index (χ3n) is 4.48. The number of nitrogens with two attached hydrogens (primary N) is 1. The number of aliphatic carboxylic acids is 1. The molecule has 4 unspecified atom stereocenters. The Morgan fingerprint density at radius 2 is 2.06 bits per heavy atom. The fourth-order valence-electron chi connectivity index (χ4n) is 3.45. The van der Waals surface area contributed by atoms with E-state index in [9.17, 15) is 14.7 Å². The molecule has 2 fully saturated rings. The van der Waals surface area contributed by atoms with E-state index in [-0.39, 0.29) is 35.7 Å². The Morgan fingerprint density at radius 1 is 1.39 bits per heavy atom. The van der Waals surface area contributed by atoms with Gasteiger partial charge in [0.25, 0.3) is 0 Å². The minimum atomic E-state index is -0.770. The molecule has 0 aromatic heterocycles. The lowest BCUT2D eigenvalue weighted by atomic mass is 9.89. The summed E-state index contributed by atoms with van der Waals surface area (Å²) >= 11 is 0. The first-order valence-corrected chi connectivity index (χ1v) is 6.72. The third kappa shape index (κ3) is 2.00. The van der Waals surface area contributed by atoms with Gasteiger partial charge in [0.1, 0.15) is 0 Å². The van der Waals surface area contributed by atoms with Gasteiger partial charge in [-0.1, -0.05) is 13.8 Å². The second-order valence-electron chi connectivity index (χ2n) is 5.81. The first-order chi connectivity index (χ1) is 8.47. The van der Waals surface area contributed by atoms with Crippen molar-refractivity contribution in [1.29, 1.82) is 0 Å². The fourth-order valence-corrected chi connectivity index (χ4v) is 3.45. The molecular weight excluding hydrogens is 232 g/mol. The highest BCUT2D eigenvalue weighted by Gasteiger charge is 2.52. The molecular formula is C13H22N2O3. The zero-order chi connectivity index (χ0) is 13.4. The maximum atomic E-state index is 12.5. The van der Waals surface area contributed by atoms with Crippen LogP contribution in [0.2, 0.25) is 0 Å². The molecule has 18 heavy (non-hydrogen) atoms. The molecule has 1 amide bonds. The van der Waals surface area contributed by atoms with Gasteiger partial charge in [-0.2, -0.15) is 0 Å². The summed E-state index contributed by atoms with van der Waals surface area (Å²) < 4.78 is 0. The van der Waals surface area contributed by atoms with Crippen LogP contribution in [0.4, 0.5) is 0 Å². The first-order valence-electron chi connectivity index (χ1n) is 6.72. The molecule has 0 spiro atoms. The van der Waals surface area contributed by atoms with Gasteiger partial charge in [0.05, 0.1) is 11.8 Å². The van der Waals surface area contributed by atoms with E-state index in [4.69, 9.17) is 5.73 Å². The van der Waals surface area contributed by atoms with Crippen molar-refractivity contribution in [3.05, 3.63) is 0 Å². The molecule has 2 aliphatic rings. The smallest absolute Gasteiger partial charge is 0.308 e. The lowest BCUT2D eigenvalue weighted by Gasteiger charge is -2.29. The highest BCUT2D eigenvalue weighted by Crippen LogP contribution is 2.42. The van der Waals surface area contributed by atoms with Gasteiger partial charge in [-0.25, -0.2) is 0 Å². The number of carbonyl (C=O) groups excluding carboxylic acids is 1. The number of carboxylic acid groups (broad SMARTS) is 1. The Labute approximate surface area is 107 Å². The average molecular weight is 254 g/mol. The minimum Gasteiger partial charge on any atom is -0.481 e. The van der Waals surface area contributed by atoms with Gasteiger partial charge in [0.2, 0.25) is 5.91 Å². The molecule has 5 heteroatoms. The molecule has 0 aliphatic carbocycles. The van der Waals surface area contributed by atoms with Gasteiger partial charge in [0.15, 0.2) is 0 Å². The van der Waals surface area contributed by atoms with E-state index in [0.717, 1.165) is 12.8 Å². The quantitative estimate of drug-likeness (QED) is 0.772. The summed E-state index contributed by atoms with van der Waals surface area (Å²) in [5.74, 6) is -1.07. The van der Waals surface area contributed by atoms with Crippen molar-refractivity contribution in [1.82, 2.24) is 4.90 Å². The summed E-state index contributed by atoms with van der Waals surface area (Å²) in [7, 11) is 0. The van der Waals surface area contributed by atoms with Crippen molar-refractivity contribution in [3.8, 4) is 0 Å². The second-order valence-corrected chi connectivity index (χ2v) is 5.81. The molecule has 2 bridgehead atoms. The zero-order valence-electron chi connectivity index (χ0n) is 11.0. The molecule has 5 nitrogen and oxygen atoms in total. The van der Waals surface area contributed by atoms with Crippen molar-refractivity contribution < 1.29 is 14.7 Å². The Hall–Kier alpha value is -1.10. The molecule has 0 saturated carbocycles. The van der Waals surface area contributed by atoms with Crippen LogP contribution in [0.1, 0.15) is 33.1 Å². The predicted molar refractivity (Wildman–Crippen MR) is 66.8 cm³/mol. The number of amides is 1. The maximum Gasteiger partial charge on any atom is 0.308 e. The molecule has 102 valence electrons. The average Bonchev–Trinajstić information content (AvgIpc) is 2.85. The minimum absolute atomic E-state index is 0.0590. The number of hydrogen-bond acceptors (Lipinski definition) is 3. The highest BCUT2D eigenvalue weighted by atomic mass is 16.4. The van der Waals surface area contributed by atoms with Crippen LogP contribution >= 0.6 is 0 Å². The molecule has 0 radical (unpaired) electrons. The van der Waals surface area contributed by atoms with Gasteiger partial charge in [-0.3, -0.25) is 9.59 Å². The summed E-state index contributed by atoms with van der Waals surface area (Å²) in [6.07, 6.45) is 2.37. The van der Waals surface area contributed by atoms with Crippen LogP contribution in [0, 0.1) is 17.8 Å². The summed E-state index contributed by atoms with van der Waals surface area (Å²) in [6.45, 7) is 4.31. The van der Waals surface area contributed by atoms with Crippen molar-refractivity contribution in [2.45, 2.75) is 45.2 Å². The summed E-state index contributed by atoms with van der Waals surface area (Å²) in [4.78, 5) is 25.5. The summed E-state index contributed by atoms with van der Waals surface area (Å²) in [5.41, 5.74) is 5.68. The molecule has 2 saturated heterocycles. The lowest BCUT2D eigenvalue weighted by molar-refractivity contribution is -0.143. The van der Waals surface area contributed by atoms with Gasteiger partial charge in [-0.05, 0) is 25.2 Å². The Bertz CT molecular complexity index is 356. The molecule has 4 atom stereocenters. The van der Waals surface area contributed by atoms with Crippen molar-refractivity contribution in [2.75, 3.05) is 6.54 Å². The topological polar surface area (TPSA) is 83.6 Å². The normalized spacial score (nSPS) is 32.0. The number of nitrogens with zero attached hydrogens (tertiary/aromatic N) is 1. The summed E-state index contributed by atoms with van der Waals surface area (Å²) in [6, 6.07) is 0.0178. The van der Waals surface area contributed by atoms with Crippen molar-refractivity contribution >= 4 is 11.9 Å². The van der Waals surface area contributed by atoms with Crippen LogP contribution in [0.25, 0.3) is 0 Å². The van der Waals surface area contributed by atoms with Crippen molar-refractivity contribution in [3.63, 3.8) is 0 Å². The number of hydrogen-bond donors (Lipinski definition) is 2. The number of carbonyl (C=O) groups is 2. The van der Waals surface area contributed by atoms with Crippen LogP contribution in [0.15, 0.2) is 0 Å². The molecule has 0 aromatic rings. The van der Waals surface area contributed by atoms with E-state index in [1.54, 1.807) is 0 Å². The standard InChI is InChI=1S/C13H22N2O3/c1-7(2)10(6-14)12(16)15-8-3-4-11(15)9(5-8)13(17)18/h7-11H,3-6,14H2,1-2H3,(H,17,18). The molecule has 2 aliphatic heterocycles. The van der Waals surface area contributed by atoms with Gasteiger partial charge in [0, 0.05) is 18.6 Å². The van der Waals surface area contributed by atoms with E-state index in [0.29, 0.717) is 13.0 Å². The molecule has 2 rings (SSSR count). The SMILES string of the molecule is CC(C)C(CN)C(=O)N1C2CCC1C(C(=O)O)C2. The second kappa shape index (κ2) is 4.88. The Kier molecular flexibility index (Phi) is 3.61. The maximum absolute atomic E-state index is 12.5. The molecule has 3 N–H and O–H groups in total. The molecule has 2 heterocycles. The Balaban J connectivity index is 2.15. The predicted octanol–water partition coefficient (Wildman–Crippen LogP) is 0.681. The van der Waals surface area contributed by atoms with Crippen LogP contribution < -0.4 is 5.73 Å². The van der Waals surface area contributed by atoms with Crippen molar-refractivity contribution in [2.24, 2.45) is 23.5 Å².